The number of carbonyl (C=O) groups is 1. The quantitative estimate of drug-likeness (QED) is 0.405. The van der Waals surface area contributed by atoms with Gasteiger partial charge in [-0.2, -0.15) is 0 Å². The van der Waals surface area contributed by atoms with E-state index in [4.69, 9.17) is 9.47 Å². The Morgan fingerprint density at radius 3 is 2.24 bits per heavy atom. The Balaban J connectivity index is 1.38. The minimum atomic E-state index is -1.31. The number of hydrogen-bond donors (Lipinski definition) is 0. The SMILES string of the molecule is COc1cc(C)c(S(=O)N(C)CCOCC(=O)N(C)C(C)C2CCC(N3CCN(C)CC3)CC2)c(C)c1. The minimum absolute atomic E-state index is 0.0132. The zero-order valence-corrected chi connectivity index (χ0v) is 24.8. The second-order valence-corrected chi connectivity index (χ2v) is 12.4. The molecule has 0 spiro atoms. The van der Waals surface area contributed by atoms with Gasteiger partial charge in [-0.25, -0.2) is 8.51 Å². The van der Waals surface area contributed by atoms with Crippen molar-refractivity contribution in [3.8, 4) is 5.75 Å². The van der Waals surface area contributed by atoms with Crippen molar-refractivity contribution >= 4 is 16.9 Å². The molecule has 1 saturated heterocycles. The predicted octanol–water partition coefficient (Wildman–Crippen LogP) is 2.94. The van der Waals surface area contributed by atoms with Crippen LogP contribution in [0.4, 0.5) is 0 Å². The van der Waals surface area contributed by atoms with Gasteiger partial charge in [0.1, 0.15) is 23.3 Å². The largest absolute Gasteiger partial charge is 0.497 e. The van der Waals surface area contributed by atoms with Gasteiger partial charge in [0.25, 0.3) is 0 Å². The molecule has 2 aliphatic rings. The fourth-order valence-electron chi connectivity index (χ4n) is 5.68. The molecule has 3 rings (SSSR count). The minimum Gasteiger partial charge on any atom is -0.497 e. The van der Waals surface area contributed by atoms with Crippen molar-refractivity contribution in [1.29, 1.82) is 0 Å². The second-order valence-electron chi connectivity index (χ2n) is 10.9. The van der Waals surface area contributed by atoms with Crippen molar-refractivity contribution in [3.63, 3.8) is 0 Å². The van der Waals surface area contributed by atoms with Crippen LogP contribution < -0.4 is 4.74 Å². The molecule has 0 radical (unpaired) electrons. The third kappa shape index (κ3) is 7.99. The van der Waals surface area contributed by atoms with Crippen molar-refractivity contribution in [2.45, 2.75) is 63.4 Å². The van der Waals surface area contributed by atoms with E-state index in [2.05, 4.69) is 23.8 Å². The summed E-state index contributed by atoms with van der Waals surface area (Å²) in [7, 11) is 6.25. The molecule has 1 aromatic carbocycles. The number of rotatable bonds is 11. The highest BCUT2D eigenvalue weighted by Crippen LogP contribution is 2.32. The van der Waals surface area contributed by atoms with Crippen molar-refractivity contribution in [2.75, 3.05) is 74.2 Å². The molecule has 1 heterocycles. The van der Waals surface area contributed by atoms with Crippen LogP contribution >= 0.6 is 0 Å². The molecule has 1 saturated carbocycles. The molecule has 8 nitrogen and oxygen atoms in total. The smallest absolute Gasteiger partial charge is 0.248 e. The van der Waals surface area contributed by atoms with Gasteiger partial charge in [0.15, 0.2) is 0 Å². The topological polar surface area (TPSA) is 65.6 Å². The van der Waals surface area contributed by atoms with E-state index in [1.807, 2.05) is 45.0 Å². The van der Waals surface area contributed by atoms with E-state index in [1.54, 1.807) is 11.4 Å². The molecule has 0 N–H and O–H groups in total. The van der Waals surface area contributed by atoms with Crippen LogP contribution in [0.3, 0.4) is 0 Å². The first-order chi connectivity index (χ1) is 17.6. The normalized spacial score (nSPS) is 23.1. The number of carbonyl (C=O) groups excluding carboxylic acids is 1. The van der Waals surface area contributed by atoms with Crippen LogP contribution in [0, 0.1) is 19.8 Å². The molecule has 2 unspecified atom stereocenters. The van der Waals surface area contributed by atoms with E-state index < -0.39 is 11.0 Å². The van der Waals surface area contributed by atoms with Gasteiger partial charge in [0, 0.05) is 58.9 Å². The highest BCUT2D eigenvalue weighted by Gasteiger charge is 2.32. The summed E-state index contributed by atoms with van der Waals surface area (Å²) in [4.78, 5) is 20.6. The number of methoxy groups -OCH3 is 1. The highest BCUT2D eigenvalue weighted by atomic mass is 32.2. The van der Waals surface area contributed by atoms with Gasteiger partial charge in [-0.1, -0.05) is 0 Å². The summed E-state index contributed by atoms with van der Waals surface area (Å²) in [6.07, 6.45) is 4.82. The molecule has 2 fully saturated rings. The van der Waals surface area contributed by atoms with E-state index in [1.165, 1.54) is 51.9 Å². The lowest BCUT2D eigenvalue weighted by Crippen LogP contribution is -2.51. The van der Waals surface area contributed by atoms with Crippen LogP contribution in [-0.2, 0) is 20.5 Å². The Kier molecular flexibility index (Phi) is 11.4. The average Bonchev–Trinajstić information content (AvgIpc) is 2.89. The van der Waals surface area contributed by atoms with Gasteiger partial charge >= 0.3 is 0 Å². The van der Waals surface area contributed by atoms with Gasteiger partial charge in [-0.3, -0.25) is 9.69 Å². The number of piperazine rings is 1. The maximum atomic E-state index is 13.1. The molecule has 2 atom stereocenters. The number of benzene rings is 1. The second kappa shape index (κ2) is 14.0. The lowest BCUT2D eigenvalue weighted by molar-refractivity contribution is -0.138. The summed E-state index contributed by atoms with van der Waals surface area (Å²) in [5.41, 5.74) is 1.87. The lowest BCUT2D eigenvalue weighted by Gasteiger charge is -2.43. The number of hydrogen-bond acceptors (Lipinski definition) is 6. The first kappa shape index (κ1) is 30.0. The number of amides is 1. The number of nitrogens with zero attached hydrogens (tertiary/aromatic N) is 4. The monoisotopic (exact) mass is 536 g/mol. The van der Waals surface area contributed by atoms with Crippen LogP contribution in [0.1, 0.15) is 43.7 Å². The molecule has 1 aliphatic carbocycles. The van der Waals surface area contributed by atoms with Crippen LogP contribution in [-0.4, -0.2) is 115 Å². The first-order valence-electron chi connectivity index (χ1n) is 13.7. The zero-order chi connectivity index (χ0) is 27.1. The Morgan fingerprint density at radius 1 is 1.08 bits per heavy atom. The van der Waals surface area contributed by atoms with Crippen molar-refractivity contribution < 1.29 is 18.5 Å². The van der Waals surface area contributed by atoms with E-state index in [0.29, 0.717) is 25.1 Å². The molecule has 1 amide bonds. The standard InChI is InChI=1S/C28H48N4O4S/c1-21-18-26(35-7)19-22(2)28(21)37(34)30(5)16-17-36-20-27(33)31(6)23(3)24-8-10-25(11-9-24)32-14-12-29(4)13-15-32/h18-19,23-25H,8-17,20H2,1-7H3. The van der Waals surface area contributed by atoms with Crippen LogP contribution in [0.15, 0.2) is 17.0 Å². The lowest BCUT2D eigenvalue weighted by atomic mass is 9.81. The summed E-state index contributed by atoms with van der Waals surface area (Å²) in [6.45, 7) is 11.6. The average molecular weight is 537 g/mol. The van der Waals surface area contributed by atoms with Crippen molar-refractivity contribution in [3.05, 3.63) is 23.3 Å². The molecule has 1 aliphatic heterocycles. The Labute approximate surface area is 226 Å². The van der Waals surface area contributed by atoms with Gasteiger partial charge in [-0.15, -0.1) is 0 Å². The zero-order valence-electron chi connectivity index (χ0n) is 24.0. The third-order valence-electron chi connectivity index (χ3n) is 8.39. The van der Waals surface area contributed by atoms with Crippen LogP contribution in [0.5, 0.6) is 5.75 Å². The number of aryl methyl sites for hydroxylation is 2. The van der Waals surface area contributed by atoms with Crippen LogP contribution in [0.25, 0.3) is 0 Å². The molecule has 1 aromatic rings. The Bertz CT molecular complexity index is 890. The Hall–Kier alpha value is -1.52. The predicted molar refractivity (Wildman–Crippen MR) is 149 cm³/mol. The summed E-state index contributed by atoms with van der Waals surface area (Å²) in [6, 6.07) is 4.72. The molecule has 0 aromatic heterocycles. The van der Waals surface area contributed by atoms with Gasteiger partial charge < -0.3 is 19.3 Å². The summed E-state index contributed by atoms with van der Waals surface area (Å²) in [5.74, 6) is 1.32. The molecule has 0 bridgehead atoms. The fourth-order valence-corrected chi connectivity index (χ4v) is 6.90. The van der Waals surface area contributed by atoms with Crippen molar-refractivity contribution in [2.24, 2.45) is 5.92 Å². The third-order valence-corrected chi connectivity index (χ3v) is 10.1. The van der Waals surface area contributed by atoms with E-state index in [9.17, 15) is 9.00 Å². The molecule has 210 valence electrons. The maximum absolute atomic E-state index is 13.1. The van der Waals surface area contributed by atoms with E-state index >= 15 is 0 Å². The summed E-state index contributed by atoms with van der Waals surface area (Å²) < 4.78 is 25.9. The highest BCUT2D eigenvalue weighted by molar-refractivity contribution is 7.82. The molecule has 37 heavy (non-hydrogen) atoms. The number of likely N-dealkylation sites (N-methyl/N-ethyl adjacent to an activating group) is 3. The molecular weight excluding hydrogens is 488 g/mol. The molecular formula is C28H48N4O4S. The van der Waals surface area contributed by atoms with Gasteiger partial charge in [0.2, 0.25) is 5.91 Å². The maximum Gasteiger partial charge on any atom is 0.248 e. The van der Waals surface area contributed by atoms with Gasteiger partial charge in [-0.05, 0) is 82.7 Å². The Morgan fingerprint density at radius 2 is 1.68 bits per heavy atom. The summed E-state index contributed by atoms with van der Waals surface area (Å²) in [5, 5.41) is 0. The number of ether oxygens (including phenoxy) is 2. The van der Waals surface area contributed by atoms with E-state index in [-0.39, 0.29) is 18.6 Å². The van der Waals surface area contributed by atoms with Crippen LogP contribution in [0.2, 0.25) is 0 Å². The fraction of sp³-hybridized carbons (Fsp3) is 0.750. The van der Waals surface area contributed by atoms with Crippen molar-refractivity contribution in [1.82, 2.24) is 19.0 Å². The first-order valence-corrected chi connectivity index (χ1v) is 14.8. The van der Waals surface area contributed by atoms with Gasteiger partial charge in [0.05, 0.1) is 18.6 Å². The van der Waals surface area contributed by atoms with E-state index in [0.717, 1.165) is 21.8 Å². The summed E-state index contributed by atoms with van der Waals surface area (Å²) >= 11 is 0. The molecule has 9 heteroatoms.